The van der Waals surface area contributed by atoms with Crippen molar-refractivity contribution >= 4 is 15.9 Å². The number of aliphatic hydroxyl groups is 1. The van der Waals surface area contributed by atoms with E-state index in [0.717, 1.165) is 18.2 Å². The summed E-state index contributed by atoms with van der Waals surface area (Å²) >= 11 is 0. The van der Waals surface area contributed by atoms with Crippen LogP contribution in [0.1, 0.15) is 29.0 Å². The monoisotopic (exact) mass is 516 g/mol. The van der Waals surface area contributed by atoms with Crippen LogP contribution in [0.4, 0.5) is 38.3 Å². The maximum atomic E-state index is 13.1. The molecule has 3 nitrogen and oxygen atoms in total. The lowest BCUT2D eigenvalue weighted by molar-refractivity contribution is -0.137. The zero-order valence-electron chi connectivity index (χ0n) is 18.1. The first-order valence-corrected chi connectivity index (χ1v) is 12.6. The van der Waals surface area contributed by atoms with Gasteiger partial charge in [0, 0.05) is 37.8 Å². The van der Waals surface area contributed by atoms with Crippen molar-refractivity contribution in [3.8, 4) is 0 Å². The highest BCUT2D eigenvalue weighted by atomic mass is 32.5. The number of benzene rings is 2. The predicted molar refractivity (Wildman–Crippen MR) is 115 cm³/mol. The van der Waals surface area contributed by atoms with Gasteiger partial charge in [0.25, 0.3) is 0 Å². The average molecular weight is 516 g/mol. The van der Waals surface area contributed by atoms with Gasteiger partial charge in [0.05, 0.1) is 5.56 Å². The van der Waals surface area contributed by atoms with Gasteiger partial charge in [-0.15, -0.1) is 0 Å². The van der Waals surface area contributed by atoms with Crippen molar-refractivity contribution in [2.75, 3.05) is 31.1 Å². The quantitative estimate of drug-likeness (QED) is 0.438. The number of halogens is 8. The van der Waals surface area contributed by atoms with E-state index in [9.17, 15) is 37.7 Å². The molecule has 0 amide bonds. The van der Waals surface area contributed by atoms with Gasteiger partial charge in [-0.3, -0.25) is 4.90 Å². The number of hydrogen-bond donors (Lipinski definition) is 1. The van der Waals surface area contributed by atoms with Gasteiger partial charge in [-0.25, -0.2) is 0 Å². The second-order valence-corrected chi connectivity index (χ2v) is 11.4. The van der Waals surface area contributed by atoms with Crippen LogP contribution >= 0.6 is 10.2 Å². The third kappa shape index (κ3) is 5.28. The molecule has 4 rings (SSSR count). The molecule has 190 valence electrons. The van der Waals surface area contributed by atoms with Crippen molar-refractivity contribution < 1.29 is 37.7 Å². The summed E-state index contributed by atoms with van der Waals surface area (Å²) < 4.78 is 105. The molecule has 34 heavy (non-hydrogen) atoms. The van der Waals surface area contributed by atoms with Crippen LogP contribution in [0.5, 0.6) is 0 Å². The number of hydrogen-bond acceptors (Lipinski definition) is 3. The summed E-state index contributed by atoms with van der Waals surface area (Å²) in [7, 11) is -9.79. The van der Waals surface area contributed by atoms with Gasteiger partial charge in [-0.1, -0.05) is 37.6 Å². The van der Waals surface area contributed by atoms with E-state index in [0.29, 0.717) is 56.0 Å². The highest BCUT2D eigenvalue weighted by Crippen LogP contribution is 3.02. The first-order chi connectivity index (χ1) is 15.4. The van der Waals surface area contributed by atoms with Crippen molar-refractivity contribution in [1.82, 2.24) is 4.90 Å². The molecule has 1 unspecified atom stereocenters. The molecular weight excluding hydrogens is 492 g/mol. The third-order valence-electron chi connectivity index (χ3n) is 6.52. The molecule has 1 saturated heterocycles. The van der Waals surface area contributed by atoms with Gasteiger partial charge in [-0.05, 0) is 54.7 Å². The zero-order chi connectivity index (χ0) is 25.2. The Bertz CT molecular complexity index is 1080. The van der Waals surface area contributed by atoms with Crippen molar-refractivity contribution in [2.24, 2.45) is 5.92 Å². The molecule has 1 aliphatic heterocycles. The van der Waals surface area contributed by atoms with E-state index in [-0.39, 0.29) is 5.56 Å². The van der Waals surface area contributed by atoms with Crippen LogP contribution in [-0.4, -0.2) is 42.4 Å². The van der Waals surface area contributed by atoms with Gasteiger partial charge in [-0.2, -0.15) is 13.2 Å². The summed E-state index contributed by atoms with van der Waals surface area (Å²) in [5.41, 5.74) is 0.507. The molecule has 1 saturated carbocycles. The fourth-order valence-corrected chi connectivity index (χ4v) is 5.23. The SMILES string of the molecule is Cc1ccc(C(F)(F)F)cc1N1CCN(C(O)[C@@H]2C[C@@H]2c2cccc(S(F)(F)(F)(F)F)c2)CC1. The number of aliphatic hydroxyl groups excluding tert-OH is 1. The van der Waals surface area contributed by atoms with Crippen LogP contribution in [-0.2, 0) is 6.18 Å². The summed E-state index contributed by atoms with van der Waals surface area (Å²) in [5.74, 6) is -0.880. The van der Waals surface area contributed by atoms with Crippen molar-refractivity contribution in [3.05, 3.63) is 59.2 Å². The lowest BCUT2D eigenvalue weighted by Gasteiger charge is -2.40. The Hall–Kier alpha value is -2.05. The van der Waals surface area contributed by atoms with Crippen molar-refractivity contribution in [2.45, 2.75) is 36.6 Å². The van der Waals surface area contributed by atoms with E-state index >= 15 is 0 Å². The van der Waals surface area contributed by atoms with E-state index in [4.69, 9.17) is 0 Å². The molecule has 1 N–H and O–H groups in total. The van der Waals surface area contributed by atoms with Gasteiger partial charge >= 0.3 is 16.4 Å². The van der Waals surface area contributed by atoms with Gasteiger partial charge in [0.15, 0.2) is 0 Å². The Labute approximate surface area is 191 Å². The number of anilines is 1. The summed E-state index contributed by atoms with van der Waals surface area (Å²) in [6.45, 7) is 3.11. The molecule has 2 aromatic carbocycles. The smallest absolute Gasteiger partial charge is 0.378 e. The Morgan fingerprint density at radius 2 is 1.59 bits per heavy atom. The normalized spacial score (nSPS) is 24.9. The lowest BCUT2D eigenvalue weighted by atomic mass is 10.1. The van der Waals surface area contributed by atoms with E-state index in [2.05, 4.69) is 0 Å². The fraction of sp³-hybridized carbons (Fsp3) is 0.455. The number of piperazine rings is 1. The van der Waals surface area contributed by atoms with Crippen LogP contribution in [0.25, 0.3) is 0 Å². The number of rotatable bonds is 5. The average Bonchev–Trinajstić information content (AvgIpc) is 3.52. The maximum absolute atomic E-state index is 13.1. The number of aryl methyl sites for hydroxylation is 1. The Kier molecular flexibility index (Phi) is 5.51. The van der Waals surface area contributed by atoms with Crippen LogP contribution in [0.15, 0.2) is 47.4 Å². The molecular formula is C22H24F8N2OS. The fourth-order valence-electron chi connectivity index (χ4n) is 4.54. The minimum atomic E-state index is -9.79. The molecule has 2 aliphatic rings. The second kappa shape index (κ2) is 7.47. The van der Waals surface area contributed by atoms with Gasteiger partial charge in [0.1, 0.15) is 11.1 Å². The molecule has 1 aliphatic carbocycles. The van der Waals surface area contributed by atoms with Crippen LogP contribution in [0.2, 0.25) is 0 Å². The Balaban J connectivity index is 1.40. The van der Waals surface area contributed by atoms with Crippen LogP contribution < -0.4 is 4.90 Å². The zero-order valence-corrected chi connectivity index (χ0v) is 18.9. The van der Waals surface area contributed by atoms with Crippen LogP contribution in [0, 0.1) is 12.8 Å². The Morgan fingerprint density at radius 3 is 2.18 bits per heavy atom. The first-order valence-electron chi connectivity index (χ1n) is 10.6. The molecule has 0 spiro atoms. The van der Waals surface area contributed by atoms with Crippen molar-refractivity contribution in [3.63, 3.8) is 0 Å². The summed E-state index contributed by atoms with van der Waals surface area (Å²) in [6.07, 6.45) is -5.09. The first kappa shape index (κ1) is 25.1. The van der Waals surface area contributed by atoms with E-state index in [1.165, 1.54) is 12.1 Å². The maximum Gasteiger partial charge on any atom is 0.416 e. The number of alkyl halides is 3. The molecule has 2 aromatic rings. The molecule has 3 atom stereocenters. The standard InChI is InChI=1S/C22H24F8N2OS/c1-14-5-6-16(22(23,24)25)12-20(14)31-7-9-32(10-8-31)21(33)19-13-18(19)15-3-2-4-17(11-15)34(26,27,28,29)30/h2-6,11-12,18-19,21,33H,7-10,13H2,1H3/t18-,19-,21?/m1/s1. The van der Waals surface area contributed by atoms with E-state index in [1.807, 2.05) is 0 Å². The largest absolute Gasteiger partial charge is 0.416 e. The van der Waals surface area contributed by atoms with Crippen molar-refractivity contribution in [1.29, 1.82) is 0 Å². The molecule has 2 fully saturated rings. The molecule has 12 heteroatoms. The Morgan fingerprint density at radius 1 is 0.941 bits per heavy atom. The summed E-state index contributed by atoms with van der Waals surface area (Å²) in [4.78, 5) is 1.58. The van der Waals surface area contributed by atoms with Crippen LogP contribution in [0.3, 0.4) is 0 Å². The molecule has 0 aromatic heterocycles. The summed E-state index contributed by atoms with van der Waals surface area (Å²) in [5, 5.41) is 10.7. The van der Waals surface area contributed by atoms with E-state index in [1.54, 1.807) is 16.7 Å². The van der Waals surface area contributed by atoms with E-state index < -0.39 is 44.9 Å². The second-order valence-electron chi connectivity index (χ2n) is 8.98. The molecule has 0 radical (unpaired) electrons. The highest BCUT2D eigenvalue weighted by Gasteiger charge is 2.65. The molecule has 1 heterocycles. The van der Waals surface area contributed by atoms with Gasteiger partial charge < -0.3 is 10.0 Å². The summed E-state index contributed by atoms with van der Waals surface area (Å²) in [6, 6.07) is 6.65. The third-order valence-corrected chi connectivity index (χ3v) is 7.66. The number of nitrogens with zero attached hydrogens (tertiary/aromatic N) is 2. The topological polar surface area (TPSA) is 26.7 Å². The van der Waals surface area contributed by atoms with Gasteiger partial charge in [0.2, 0.25) is 0 Å². The molecule has 0 bridgehead atoms. The minimum absolute atomic E-state index is 0.105. The highest BCUT2D eigenvalue weighted by molar-refractivity contribution is 8.45. The lowest BCUT2D eigenvalue weighted by Crippen LogP contribution is -2.51. The minimum Gasteiger partial charge on any atom is -0.378 e. The predicted octanol–water partition coefficient (Wildman–Crippen LogP) is 6.92.